The van der Waals surface area contributed by atoms with Gasteiger partial charge in [0, 0.05) is 23.5 Å². The van der Waals surface area contributed by atoms with Crippen molar-refractivity contribution in [2.24, 2.45) is 5.92 Å². The normalized spacial score (nSPS) is 21.2. The Morgan fingerprint density at radius 2 is 1.90 bits per heavy atom. The first-order valence-electron chi connectivity index (χ1n) is 11.2. The number of benzene rings is 2. The van der Waals surface area contributed by atoms with E-state index in [9.17, 15) is 9.18 Å². The molecule has 4 rings (SSSR count). The summed E-state index contributed by atoms with van der Waals surface area (Å²) in [7, 11) is 3.28. The highest BCUT2D eigenvalue weighted by atomic mass is 19.1. The molecule has 5 nitrogen and oxygen atoms in total. The molecule has 31 heavy (non-hydrogen) atoms. The van der Waals surface area contributed by atoms with Crippen LogP contribution >= 0.6 is 0 Å². The Kier molecular flexibility index (Phi) is 6.46. The maximum atomic E-state index is 14.5. The number of rotatable bonds is 8. The van der Waals surface area contributed by atoms with Crippen LogP contribution in [0.2, 0.25) is 0 Å². The largest absolute Gasteiger partial charge is 0.493 e. The lowest BCUT2D eigenvalue weighted by atomic mass is 9.86. The predicted octanol–water partition coefficient (Wildman–Crippen LogP) is 2.83. The van der Waals surface area contributed by atoms with Crippen LogP contribution in [0.5, 0.6) is 11.5 Å². The van der Waals surface area contributed by atoms with Crippen molar-refractivity contribution in [1.29, 1.82) is 0 Å². The fourth-order valence-electron chi connectivity index (χ4n) is 4.77. The molecule has 166 valence electrons. The number of hydrogen-bond donors (Lipinski definition) is 2. The minimum absolute atomic E-state index is 0.0101. The van der Waals surface area contributed by atoms with Crippen LogP contribution in [0.25, 0.3) is 0 Å². The summed E-state index contributed by atoms with van der Waals surface area (Å²) in [5.41, 5.74) is 3.06. The quantitative estimate of drug-likeness (QED) is 0.681. The van der Waals surface area contributed by atoms with E-state index in [0.717, 1.165) is 37.8 Å². The number of ether oxygens (including phenoxy) is 2. The second kappa shape index (κ2) is 9.27. The predicted molar refractivity (Wildman–Crippen MR) is 117 cm³/mol. The molecule has 2 aromatic rings. The van der Waals surface area contributed by atoms with Crippen molar-refractivity contribution >= 4 is 5.91 Å². The zero-order valence-corrected chi connectivity index (χ0v) is 18.5. The van der Waals surface area contributed by atoms with Gasteiger partial charge in [0.25, 0.3) is 0 Å². The smallest absolute Gasteiger partial charge is 0.223 e. The van der Waals surface area contributed by atoms with Crippen LogP contribution in [0.15, 0.2) is 36.4 Å². The number of carbonyl (C=O) groups is 1. The molecule has 0 bridgehead atoms. The highest BCUT2D eigenvalue weighted by molar-refractivity contribution is 5.81. The number of amides is 1. The molecule has 1 aliphatic heterocycles. The summed E-state index contributed by atoms with van der Waals surface area (Å²) in [6.45, 7) is 3.53. The third-order valence-corrected chi connectivity index (χ3v) is 6.63. The maximum absolute atomic E-state index is 14.5. The van der Waals surface area contributed by atoms with Gasteiger partial charge >= 0.3 is 0 Å². The van der Waals surface area contributed by atoms with E-state index in [0.29, 0.717) is 23.6 Å². The van der Waals surface area contributed by atoms with Crippen molar-refractivity contribution in [3.63, 3.8) is 0 Å². The Bertz CT molecular complexity index is 944. The number of carbonyl (C=O) groups excluding carboxylic acids is 1. The maximum Gasteiger partial charge on any atom is 0.223 e. The monoisotopic (exact) mass is 427 g/mol. The Labute approximate surface area is 183 Å². The van der Waals surface area contributed by atoms with Crippen molar-refractivity contribution < 1.29 is 23.6 Å². The Hall–Kier alpha value is -2.60. The SMILES string of the molecule is CC[C@H](NC(=O)C1CC1)[C@H]1c2cc(OC)c(OC)cc2CC[NH+]1Cc1ccccc1F. The number of halogens is 1. The summed E-state index contributed by atoms with van der Waals surface area (Å²) >= 11 is 0. The van der Waals surface area contributed by atoms with E-state index in [4.69, 9.17) is 9.47 Å². The second-order valence-corrected chi connectivity index (χ2v) is 8.61. The zero-order valence-electron chi connectivity index (χ0n) is 18.5. The third-order valence-electron chi connectivity index (χ3n) is 6.63. The lowest BCUT2D eigenvalue weighted by molar-refractivity contribution is -0.948. The molecule has 3 atom stereocenters. The van der Waals surface area contributed by atoms with Crippen LogP contribution in [-0.4, -0.2) is 32.7 Å². The molecule has 1 unspecified atom stereocenters. The minimum atomic E-state index is -0.179. The summed E-state index contributed by atoms with van der Waals surface area (Å²) < 4.78 is 25.6. The Balaban J connectivity index is 1.72. The van der Waals surface area contributed by atoms with Gasteiger partial charge in [0.1, 0.15) is 18.4 Å². The van der Waals surface area contributed by atoms with Gasteiger partial charge in [0.05, 0.1) is 26.8 Å². The van der Waals surface area contributed by atoms with E-state index < -0.39 is 0 Å². The molecular formula is C25H32FN2O3+. The fraction of sp³-hybridized carbons (Fsp3) is 0.480. The highest BCUT2D eigenvalue weighted by Gasteiger charge is 2.40. The van der Waals surface area contributed by atoms with Gasteiger partial charge in [-0.05, 0) is 43.0 Å². The van der Waals surface area contributed by atoms with E-state index in [2.05, 4.69) is 18.3 Å². The van der Waals surface area contributed by atoms with E-state index in [1.807, 2.05) is 18.2 Å². The molecule has 1 amide bonds. The van der Waals surface area contributed by atoms with E-state index in [-0.39, 0.29) is 29.7 Å². The molecule has 1 aliphatic carbocycles. The van der Waals surface area contributed by atoms with Crippen LogP contribution in [0, 0.1) is 11.7 Å². The lowest BCUT2D eigenvalue weighted by Gasteiger charge is -2.39. The third kappa shape index (κ3) is 4.54. The van der Waals surface area contributed by atoms with E-state index >= 15 is 0 Å². The number of fused-ring (bicyclic) bond motifs is 1. The molecular weight excluding hydrogens is 395 g/mol. The van der Waals surface area contributed by atoms with Gasteiger partial charge in [-0.3, -0.25) is 4.79 Å². The molecule has 2 N–H and O–H groups in total. The van der Waals surface area contributed by atoms with Gasteiger partial charge in [-0.25, -0.2) is 4.39 Å². The summed E-state index contributed by atoms with van der Waals surface area (Å²) in [6, 6.07) is 11.0. The highest BCUT2D eigenvalue weighted by Crippen LogP contribution is 2.36. The van der Waals surface area contributed by atoms with Crippen molar-refractivity contribution in [3.8, 4) is 11.5 Å². The summed E-state index contributed by atoms with van der Waals surface area (Å²) in [5, 5.41) is 3.31. The first kappa shape index (κ1) is 21.6. The Morgan fingerprint density at radius 3 is 2.55 bits per heavy atom. The molecule has 0 aromatic heterocycles. The molecule has 0 radical (unpaired) electrons. The van der Waals surface area contributed by atoms with Gasteiger partial charge in [-0.15, -0.1) is 0 Å². The van der Waals surface area contributed by atoms with Crippen molar-refractivity contribution in [2.75, 3.05) is 20.8 Å². The lowest BCUT2D eigenvalue weighted by Crippen LogP contribution is -3.13. The van der Waals surface area contributed by atoms with Crippen LogP contribution in [0.1, 0.15) is 48.9 Å². The number of methoxy groups -OCH3 is 2. The number of nitrogens with one attached hydrogen (secondary N) is 2. The average Bonchev–Trinajstić information content (AvgIpc) is 3.63. The second-order valence-electron chi connectivity index (χ2n) is 8.61. The molecule has 1 saturated carbocycles. The van der Waals surface area contributed by atoms with Gasteiger partial charge in [-0.2, -0.15) is 0 Å². The van der Waals surface area contributed by atoms with Gasteiger partial charge in [0.2, 0.25) is 5.91 Å². The molecule has 0 saturated heterocycles. The molecule has 6 heteroatoms. The van der Waals surface area contributed by atoms with Crippen molar-refractivity contribution in [2.45, 2.75) is 51.2 Å². The number of quaternary nitrogens is 1. The molecule has 2 aliphatic rings. The van der Waals surface area contributed by atoms with Crippen molar-refractivity contribution in [1.82, 2.24) is 5.32 Å². The topological polar surface area (TPSA) is 52.0 Å². The average molecular weight is 428 g/mol. The number of hydrogen-bond acceptors (Lipinski definition) is 3. The minimum Gasteiger partial charge on any atom is -0.493 e. The first-order valence-corrected chi connectivity index (χ1v) is 11.2. The Morgan fingerprint density at radius 1 is 1.19 bits per heavy atom. The molecule has 1 heterocycles. The van der Waals surface area contributed by atoms with Crippen LogP contribution in [0.4, 0.5) is 4.39 Å². The molecule has 0 spiro atoms. The summed E-state index contributed by atoms with van der Waals surface area (Å²) in [4.78, 5) is 13.9. The zero-order chi connectivity index (χ0) is 22.0. The van der Waals surface area contributed by atoms with Gasteiger partial charge < -0.3 is 19.7 Å². The van der Waals surface area contributed by atoms with Crippen LogP contribution in [0.3, 0.4) is 0 Å². The summed E-state index contributed by atoms with van der Waals surface area (Å²) in [5.74, 6) is 1.51. The van der Waals surface area contributed by atoms with Crippen LogP contribution in [-0.2, 0) is 17.8 Å². The van der Waals surface area contributed by atoms with E-state index in [1.54, 1.807) is 20.3 Å². The summed E-state index contributed by atoms with van der Waals surface area (Å²) in [6.07, 6.45) is 3.61. The van der Waals surface area contributed by atoms with Crippen LogP contribution < -0.4 is 19.7 Å². The van der Waals surface area contributed by atoms with Crippen molar-refractivity contribution in [3.05, 3.63) is 58.9 Å². The fourth-order valence-corrected chi connectivity index (χ4v) is 4.77. The standard InChI is InChI=1S/C25H31FN2O3/c1-4-21(27-25(29)16-9-10-16)24-19-14-23(31-3)22(30-2)13-17(19)11-12-28(24)15-18-7-5-6-8-20(18)26/h5-8,13-14,16,21,24H,4,9-12,15H2,1-3H3,(H,27,29)/p+1/t21-,24+/m0/s1. The first-order chi connectivity index (χ1) is 15.0. The molecule has 1 fully saturated rings. The van der Waals surface area contributed by atoms with Gasteiger partial charge in [0.15, 0.2) is 11.5 Å². The molecule has 2 aromatic carbocycles. The van der Waals surface area contributed by atoms with Gasteiger partial charge in [-0.1, -0.05) is 25.1 Å². The van der Waals surface area contributed by atoms with E-state index in [1.165, 1.54) is 16.5 Å².